The fourth-order valence-corrected chi connectivity index (χ4v) is 3.36. The first-order chi connectivity index (χ1) is 10.7. The minimum absolute atomic E-state index is 0.109. The van der Waals surface area contributed by atoms with E-state index in [4.69, 9.17) is 0 Å². The molecule has 122 valence electrons. The molecule has 0 aliphatic carbocycles. The van der Waals surface area contributed by atoms with Gasteiger partial charge in [-0.25, -0.2) is 8.42 Å². The van der Waals surface area contributed by atoms with Gasteiger partial charge >= 0.3 is 0 Å². The number of hydrogen-bond acceptors (Lipinski definition) is 4. The number of nitro benzene ring substituents is 1. The zero-order valence-corrected chi connectivity index (χ0v) is 13.9. The van der Waals surface area contributed by atoms with E-state index < -0.39 is 14.9 Å². The fourth-order valence-electron chi connectivity index (χ4n) is 2.12. The van der Waals surface area contributed by atoms with Gasteiger partial charge in [0, 0.05) is 19.2 Å². The molecular weight excluding hydrogens is 316 g/mol. The van der Waals surface area contributed by atoms with Crippen LogP contribution in [0.4, 0.5) is 11.4 Å². The van der Waals surface area contributed by atoms with Gasteiger partial charge < -0.3 is 0 Å². The lowest BCUT2D eigenvalue weighted by Crippen LogP contribution is -2.26. The summed E-state index contributed by atoms with van der Waals surface area (Å²) in [6.45, 7) is 4.11. The molecule has 0 aliphatic heterocycles. The third kappa shape index (κ3) is 3.50. The summed E-state index contributed by atoms with van der Waals surface area (Å²) in [6, 6.07) is 12.2. The van der Waals surface area contributed by atoms with E-state index in [2.05, 4.69) is 13.8 Å². The van der Waals surface area contributed by atoms with Gasteiger partial charge in [0.05, 0.1) is 15.5 Å². The summed E-state index contributed by atoms with van der Waals surface area (Å²) in [5, 5.41) is 10.8. The Morgan fingerprint density at radius 2 is 1.70 bits per heavy atom. The van der Waals surface area contributed by atoms with Gasteiger partial charge in [0.1, 0.15) is 0 Å². The second kappa shape index (κ2) is 6.37. The van der Waals surface area contributed by atoms with Gasteiger partial charge in [-0.05, 0) is 29.7 Å². The van der Waals surface area contributed by atoms with E-state index in [0.717, 1.165) is 15.9 Å². The number of non-ortho nitro benzene ring substituents is 1. The third-order valence-electron chi connectivity index (χ3n) is 3.61. The predicted molar refractivity (Wildman–Crippen MR) is 89.2 cm³/mol. The highest BCUT2D eigenvalue weighted by molar-refractivity contribution is 7.92. The van der Waals surface area contributed by atoms with E-state index in [1.165, 1.54) is 25.2 Å². The van der Waals surface area contributed by atoms with Crippen molar-refractivity contribution in [2.45, 2.75) is 24.7 Å². The van der Waals surface area contributed by atoms with Crippen LogP contribution in [0.5, 0.6) is 0 Å². The number of nitro groups is 1. The smallest absolute Gasteiger partial charge is 0.269 e. The van der Waals surface area contributed by atoms with Crippen molar-refractivity contribution in [3.05, 3.63) is 64.2 Å². The minimum atomic E-state index is -3.85. The highest BCUT2D eigenvalue weighted by Gasteiger charge is 2.23. The number of sulfonamides is 1. The van der Waals surface area contributed by atoms with Gasteiger partial charge in [0.25, 0.3) is 15.7 Å². The molecule has 0 atom stereocenters. The Balaban J connectivity index is 2.38. The Morgan fingerprint density at radius 3 is 2.22 bits per heavy atom. The molecule has 0 saturated carbocycles. The lowest BCUT2D eigenvalue weighted by molar-refractivity contribution is -0.385. The van der Waals surface area contributed by atoms with Gasteiger partial charge in [-0.15, -0.1) is 0 Å². The van der Waals surface area contributed by atoms with Gasteiger partial charge in [0.15, 0.2) is 0 Å². The Morgan fingerprint density at radius 1 is 1.09 bits per heavy atom. The molecule has 0 N–H and O–H groups in total. The molecule has 2 aromatic carbocycles. The molecule has 0 radical (unpaired) electrons. The summed E-state index contributed by atoms with van der Waals surface area (Å²) in [5.41, 5.74) is 1.35. The summed E-state index contributed by atoms with van der Waals surface area (Å²) < 4.78 is 26.4. The maximum Gasteiger partial charge on any atom is 0.270 e. The molecule has 0 fully saturated rings. The van der Waals surface area contributed by atoms with Crippen LogP contribution in [0.1, 0.15) is 25.3 Å². The fraction of sp³-hybridized carbons (Fsp3) is 0.250. The van der Waals surface area contributed by atoms with Crippen molar-refractivity contribution in [3.63, 3.8) is 0 Å². The Bertz CT molecular complexity index is 814. The Labute approximate surface area is 135 Å². The van der Waals surface area contributed by atoms with Crippen molar-refractivity contribution in [3.8, 4) is 0 Å². The molecule has 2 aromatic rings. The number of nitrogens with zero attached hydrogens (tertiary/aromatic N) is 2. The summed E-state index contributed by atoms with van der Waals surface area (Å²) >= 11 is 0. The topological polar surface area (TPSA) is 80.5 Å². The van der Waals surface area contributed by atoms with E-state index >= 15 is 0 Å². The first-order valence-electron chi connectivity index (χ1n) is 7.07. The molecule has 23 heavy (non-hydrogen) atoms. The van der Waals surface area contributed by atoms with E-state index in [1.54, 1.807) is 12.1 Å². The van der Waals surface area contributed by atoms with Crippen LogP contribution < -0.4 is 4.31 Å². The maximum absolute atomic E-state index is 12.6. The van der Waals surface area contributed by atoms with Crippen molar-refractivity contribution in [1.82, 2.24) is 0 Å². The number of anilines is 1. The molecule has 7 heteroatoms. The van der Waals surface area contributed by atoms with E-state index in [0.29, 0.717) is 11.6 Å². The largest absolute Gasteiger partial charge is 0.270 e. The number of rotatable bonds is 5. The number of hydrogen-bond donors (Lipinski definition) is 0. The second-order valence-corrected chi connectivity index (χ2v) is 7.44. The van der Waals surface area contributed by atoms with Crippen LogP contribution in [0, 0.1) is 10.1 Å². The second-order valence-electron chi connectivity index (χ2n) is 5.47. The highest BCUT2D eigenvalue weighted by atomic mass is 32.2. The van der Waals surface area contributed by atoms with E-state index in [1.807, 2.05) is 12.1 Å². The van der Waals surface area contributed by atoms with Crippen molar-refractivity contribution in [2.24, 2.45) is 0 Å². The molecule has 0 bridgehead atoms. The monoisotopic (exact) mass is 334 g/mol. The van der Waals surface area contributed by atoms with Crippen LogP contribution in [-0.4, -0.2) is 20.4 Å². The minimum Gasteiger partial charge on any atom is -0.269 e. The standard InChI is InChI=1S/C16H18N2O4S/c1-12(2)13-7-9-14(10-8-13)17(3)23(21,22)16-6-4-5-15(11-16)18(19)20/h4-12H,1-3H3. The average molecular weight is 334 g/mol. The first kappa shape index (κ1) is 17.0. The van der Waals surface area contributed by atoms with Crippen molar-refractivity contribution in [1.29, 1.82) is 0 Å². The Hall–Kier alpha value is -2.41. The van der Waals surface area contributed by atoms with Gasteiger partial charge in [-0.3, -0.25) is 14.4 Å². The van der Waals surface area contributed by atoms with Gasteiger partial charge in [-0.1, -0.05) is 32.0 Å². The summed E-state index contributed by atoms with van der Waals surface area (Å²) in [6.07, 6.45) is 0. The quantitative estimate of drug-likeness (QED) is 0.618. The van der Waals surface area contributed by atoms with Crippen molar-refractivity contribution in [2.75, 3.05) is 11.4 Å². The lowest BCUT2D eigenvalue weighted by atomic mass is 10.0. The molecular formula is C16H18N2O4S. The molecule has 0 saturated heterocycles. The molecule has 0 spiro atoms. The zero-order chi connectivity index (χ0) is 17.2. The first-order valence-corrected chi connectivity index (χ1v) is 8.51. The molecule has 0 unspecified atom stereocenters. The highest BCUT2D eigenvalue weighted by Crippen LogP contribution is 2.26. The average Bonchev–Trinajstić information content (AvgIpc) is 2.54. The van der Waals surface area contributed by atoms with Crippen LogP contribution in [-0.2, 0) is 10.0 Å². The normalized spacial score (nSPS) is 11.5. The molecule has 6 nitrogen and oxygen atoms in total. The summed E-state index contributed by atoms with van der Waals surface area (Å²) in [7, 11) is -2.42. The SMILES string of the molecule is CC(C)c1ccc(N(C)S(=O)(=O)c2cccc([N+](=O)[O-])c2)cc1. The molecule has 0 amide bonds. The number of benzene rings is 2. The van der Waals surface area contributed by atoms with Crippen LogP contribution in [0.25, 0.3) is 0 Å². The Kier molecular flexibility index (Phi) is 4.70. The lowest BCUT2D eigenvalue weighted by Gasteiger charge is -2.20. The van der Waals surface area contributed by atoms with Crippen LogP contribution in [0.15, 0.2) is 53.4 Å². The molecule has 0 aromatic heterocycles. The van der Waals surface area contributed by atoms with Crippen LogP contribution >= 0.6 is 0 Å². The molecule has 2 rings (SSSR count). The van der Waals surface area contributed by atoms with Crippen LogP contribution in [0.2, 0.25) is 0 Å². The molecule has 0 aliphatic rings. The zero-order valence-electron chi connectivity index (χ0n) is 13.1. The van der Waals surface area contributed by atoms with Crippen LogP contribution in [0.3, 0.4) is 0 Å². The maximum atomic E-state index is 12.6. The van der Waals surface area contributed by atoms with E-state index in [-0.39, 0.29) is 10.6 Å². The summed E-state index contributed by atoms with van der Waals surface area (Å²) in [5.74, 6) is 0.350. The van der Waals surface area contributed by atoms with Crippen molar-refractivity contribution >= 4 is 21.4 Å². The third-order valence-corrected chi connectivity index (χ3v) is 5.39. The van der Waals surface area contributed by atoms with Crippen molar-refractivity contribution < 1.29 is 13.3 Å². The van der Waals surface area contributed by atoms with Gasteiger partial charge in [-0.2, -0.15) is 0 Å². The van der Waals surface area contributed by atoms with Gasteiger partial charge in [0.2, 0.25) is 0 Å². The molecule has 0 heterocycles. The summed E-state index contributed by atoms with van der Waals surface area (Å²) in [4.78, 5) is 10.1. The predicted octanol–water partition coefficient (Wildman–Crippen LogP) is 3.54. The van der Waals surface area contributed by atoms with E-state index in [9.17, 15) is 18.5 Å².